The Labute approximate surface area is 132 Å². The van der Waals surface area contributed by atoms with E-state index in [0.29, 0.717) is 13.1 Å². The molecule has 5 heteroatoms. The molecule has 22 heavy (non-hydrogen) atoms. The average Bonchev–Trinajstić information content (AvgIpc) is 2.94. The van der Waals surface area contributed by atoms with Crippen LogP contribution in [0.1, 0.15) is 37.8 Å². The number of likely N-dealkylation sites (tertiary alicyclic amines) is 1. The van der Waals surface area contributed by atoms with E-state index < -0.39 is 0 Å². The van der Waals surface area contributed by atoms with Crippen LogP contribution in [0.5, 0.6) is 5.75 Å². The molecule has 2 N–H and O–H groups in total. The van der Waals surface area contributed by atoms with Crippen molar-refractivity contribution in [1.29, 1.82) is 0 Å². The molecule has 0 spiro atoms. The summed E-state index contributed by atoms with van der Waals surface area (Å²) in [5.74, 6) is 0.815. The number of nitrogens with one attached hydrogen (secondary N) is 1. The molecule has 1 fully saturated rings. The summed E-state index contributed by atoms with van der Waals surface area (Å²) in [4.78, 5) is 14.0. The Morgan fingerprint density at radius 2 is 2.27 bits per heavy atom. The van der Waals surface area contributed by atoms with Gasteiger partial charge >= 0.3 is 6.03 Å². The quantitative estimate of drug-likeness (QED) is 0.878. The van der Waals surface area contributed by atoms with Gasteiger partial charge in [-0.15, -0.1) is 0 Å². The molecule has 0 bridgehead atoms. The molecule has 122 valence electrons. The van der Waals surface area contributed by atoms with Gasteiger partial charge in [-0.1, -0.05) is 12.1 Å². The van der Waals surface area contributed by atoms with Gasteiger partial charge in [0.05, 0.1) is 18.8 Å². The molecule has 0 aromatic heterocycles. The standard InChI is InChI=1S/C17H26N2O3/c1-12(2)22-16-9-13(3)6-7-14(16)10-18-17(21)19-8-4-5-15(19)11-20/h6-7,9,12,15,20H,4-5,8,10-11H2,1-3H3,(H,18,21)/t15-/m0/s1. The first kappa shape index (κ1) is 16.6. The Kier molecular flexibility index (Phi) is 5.66. The number of ether oxygens (including phenoxy) is 1. The maximum atomic E-state index is 12.3. The number of nitrogens with zero attached hydrogens (tertiary/aromatic N) is 1. The van der Waals surface area contributed by atoms with Gasteiger partial charge in [-0.05, 0) is 45.2 Å². The second-order valence-electron chi connectivity index (χ2n) is 6.11. The summed E-state index contributed by atoms with van der Waals surface area (Å²) in [7, 11) is 0. The molecule has 0 radical (unpaired) electrons. The van der Waals surface area contributed by atoms with Gasteiger partial charge in [-0.25, -0.2) is 4.79 Å². The van der Waals surface area contributed by atoms with Crippen molar-refractivity contribution in [2.75, 3.05) is 13.2 Å². The molecule has 1 aromatic carbocycles. The molecule has 5 nitrogen and oxygen atoms in total. The van der Waals surface area contributed by atoms with Gasteiger partial charge in [-0.3, -0.25) is 0 Å². The Bertz CT molecular complexity index is 517. The predicted octanol–water partition coefficient (Wildman–Crippen LogP) is 2.45. The van der Waals surface area contributed by atoms with Gasteiger partial charge in [-0.2, -0.15) is 0 Å². The van der Waals surface area contributed by atoms with Gasteiger partial charge in [0, 0.05) is 18.7 Å². The Morgan fingerprint density at radius 1 is 1.50 bits per heavy atom. The molecule has 0 unspecified atom stereocenters. The number of benzene rings is 1. The largest absolute Gasteiger partial charge is 0.491 e. The highest BCUT2D eigenvalue weighted by molar-refractivity contribution is 5.75. The van der Waals surface area contributed by atoms with Gasteiger partial charge in [0.1, 0.15) is 5.75 Å². The summed E-state index contributed by atoms with van der Waals surface area (Å²) in [6.07, 6.45) is 1.91. The monoisotopic (exact) mass is 306 g/mol. The zero-order chi connectivity index (χ0) is 16.1. The van der Waals surface area contributed by atoms with Gasteiger partial charge in [0.25, 0.3) is 0 Å². The first-order valence-electron chi connectivity index (χ1n) is 7.92. The molecule has 1 saturated heterocycles. The van der Waals surface area contributed by atoms with E-state index in [1.165, 1.54) is 0 Å². The summed E-state index contributed by atoms with van der Waals surface area (Å²) in [6, 6.07) is 5.83. The number of urea groups is 1. The highest BCUT2D eigenvalue weighted by Crippen LogP contribution is 2.22. The van der Waals surface area contributed by atoms with Crippen LogP contribution in [0, 0.1) is 6.92 Å². The second-order valence-corrected chi connectivity index (χ2v) is 6.11. The van der Waals surface area contributed by atoms with E-state index in [9.17, 15) is 9.90 Å². The fraction of sp³-hybridized carbons (Fsp3) is 0.588. The maximum Gasteiger partial charge on any atom is 0.317 e. The highest BCUT2D eigenvalue weighted by atomic mass is 16.5. The molecule has 1 aliphatic rings. The van der Waals surface area contributed by atoms with Crippen LogP contribution in [-0.4, -0.2) is 41.3 Å². The molecule has 1 atom stereocenters. The predicted molar refractivity (Wildman–Crippen MR) is 86.0 cm³/mol. The Balaban J connectivity index is 2.00. The minimum Gasteiger partial charge on any atom is -0.491 e. The number of aryl methyl sites for hydroxylation is 1. The van der Waals surface area contributed by atoms with Crippen LogP contribution >= 0.6 is 0 Å². The molecule has 1 heterocycles. The van der Waals surface area contributed by atoms with Crippen molar-refractivity contribution in [1.82, 2.24) is 10.2 Å². The topological polar surface area (TPSA) is 61.8 Å². The fourth-order valence-electron chi connectivity index (χ4n) is 2.74. The number of amides is 2. The van der Waals surface area contributed by atoms with Crippen molar-refractivity contribution in [3.63, 3.8) is 0 Å². The van der Waals surface area contributed by atoms with Gasteiger partial charge in [0.2, 0.25) is 0 Å². The summed E-state index contributed by atoms with van der Waals surface area (Å²) in [5, 5.41) is 12.2. The summed E-state index contributed by atoms with van der Waals surface area (Å²) in [5.41, 5.74) is 2.10. The zero-order valence-corrected chi connectivity index (χ0v) is 13.6. The first-order valence-corrected chi connectivity index (χ1v) is 7.92. The molecule has 0 aliphatic carbocycles. The third-order valence-electron chi connectivity index (χ3n) is 3.86. The van der Waals surface area contributed by atoms with Crippen LogP contribution in [0.4, 0.5) is 4.79 Å². The second kappa shape index (κ2) is 7.49. The maximum absolute atomic E-state index is 12.3. The average molecular weight is 306 g/mol. The molecule has 2 rings (SSSR count). The molecule has 1 aromatic rings. The van der Waals surface area contributed by atoms with Crippen LogP contribution in [0.15, 0.2) is 18.2 Å². The minimum atomic E-state index is -0.118. The number of hydrogen-bond acceptors (Lipinski definition) is 3. The summed E-state index contributed by atoms with van der Waals surface area (Å²) >= 11 is 0. The molecular weight excluding hydrogens is 280 g/mol. The van der Waals surface area contributed by atoms with Crippen molar-refractivity contribution < 1.29 is 14.6 Å². The molecular formula is C17H26N2O3. The van der Waals surface area contributed by atoms with Crippen LogP contribution in [0.25, 0.3) is 0 Å². The first-order chi connectivity index (χ1) is 10.5. The molecule has 2 amide bonds. The van der Waals surface area contributed by atoms with Crippen LogP contribution in [0.2, 0.25) is 0 Å². The third-order valence-corrected chi connectivity index (χ3v) is 3.86. The number of aliphatic hydroxyl groups excluding tert-OH is 1. The highest BCUT2D eigenvalue weighted by Gasteiger charge is 2.27. The lowest BCUT2D eigenvalue weighted by Gasteiger charge is -2.24. The van der Waals surface area contributed by atoms with E-state index in [0.717, 1.165) is 29.7 Å². The van der Waals surface area contributed by atoms with Crippen LogP contribution in [-0.2, 0) is 6.54 Å². The smallest absolute Gasteiger partial charge is 0.317 e. The fourth-order valence-corrected chi connectivity index (χ4v) is 2.74. The van der Waals surface area contributed by atoms with E-state index in [1.54, 1.807) is 4.90 Å². The van der Waals surface area contributed by atoms with E-state index >= 15 is 0 Å². The van der Waals surface area contributed by atoms with E-state index in [1.807, 2.05) is 39.0 Å². The van der Waals surface area contributed by atoms with Crippen LogP contribution in [0.3, 0.4) is 0 Å². The molecule has 0 saturated carbocycles. The van der Waals surface area contributed by atoms with Crippen molar-refractivity contribution in [3.8, 4) is 5.75 Å². The van der Waals surface area contributed by atoms with E-state index in [-0.39, 0.29) is 24.8 Å². The lowest BCUT2D eigenvalue weighted by molar-refractivity contribution is 0.156. The summed E-state index contributed by atoms with van der Waals surface area (Å²) < 4.78 is 5.82. The Morgan fingerprint density at radius 3 is 2.95 bits per heavy atom. The third kappa shape index (κ3) is 4.13. The number of carbonyl (C=O) groups is 1. The normalized spacial score (nSPS) is 17.9. The zero-order valence-electron chi connectivity index (χ0n) is 13.6. The van der Waals surface area contributed by atoms with Crippen LogP contribution < -0.4 is 10.1 Å². The summed E-state index contributed by atoms with van der Waals surface area (Å²) in [6.45, 7) is 7.16. The Hall–Kier alpha value is -1.75. The van der Waals surface area contributed by atoms with Gasteiger partial charge in [0.15, 0.2) is 0 Å². The van der Waals surface area contributed by atoms with Crippen molar-refractivity contribution >= 4 is 6.03 Å². The number of hydrogen-bond donors (Lipinski definition) is 2. The van der Waals surface area contributed by atoms with Gasteiger partial charge < -0.3 is 20.1 Å². The number of aliphatic hydroxyl groups is 1. The van der Waals surface area contributed by atoms with Crippen molar-refractivity contribution in [3.05, 3.63) is 29.3 Å². The van der Waals surface area contributed by atoms with E-state index in [2.05, 4.69) is 5.32 Å². The number of rotatable bonds is 5. The van der Waals surface area contributed by atoms with E-state index in [4.69, 9.17) is 4.74 Å². The number of carbonyl (C=O) groups excluding carboxylic acids is 1. The molecule has 1 aliphatic heterocycles. The van der Waals surface area contributed by atoms with Crippen molar-refractivity contribution in [2.45, 2.75) is 52.3 Å². The van der Waals surface area contributed by atoms with Crippen molar-refractivity contribution in [2.24, 2.45) is 0 Å². The lowest BCUT2D eigenvalue weighted by atomic mass is 10.1. The minimum absolute atomic E-state index is 0.0274. The SMILES string of the molecule is Cc1ccc(CNC(=O)N2CCC[C@H]2CO)c(OC(C)C)c1. The lowest BCUT2D eigenvalue weighted by Crippen LogP contribution is -2.43.